The van der Waals surface area contributed by atoms with E-state index in [2.05, 4.69) is 0 Å². The van der Waals surface area contributed by atoms with Crippen LogP contribution in [0, 0.1) is 6.92 Å². The molecule has 3 aromatic rings. The van der Waals surface area contributed by atoms with Crippen molar-refractivity contribution in [3.63, 3.8) is 0 Å². The Balaban J connectivity index is 1.70. The third kappa shape index (κ3) is 6.04. The maximum atomic E-state index is 13.3. The van der Waals surface area contributed by atoms with Gasteiger partial charge in [-0.1, -0.05) is 59.6 Å². The van der Waals surface area contributed by atoms with Gasteiger partial charge in [-0.15, -0.1) is 0 Å². The van der Waals surface area contributed by atoms with E-state index in [9.17, 15) is 14.7 Å². The number of benzene rings is 3. The first kappa shape index (κ1) is 27.7. The molecule has 8 heteroatoms. The molecule has 1 aliphatic rings. The monoisotopic (exact) mass is 552 g/mol. The average Bonchev–Trinajstić information content (AvgIpc) is 3.14. The standard InChI is InChI=1S/C30H30Cl2N2O4/c1-19-16-22(38-18-20-8-5-4-6-9-20)11-12-23(19)28(35)26-27(21-10-13-24(31)25(32)17-21)34(30(37)29(26)36)15-7-14-33(2)3/h4-6,8-13,16-17,27,35H,7,14-15,18H2,1-3H3/b28-26+/t27-/m1/s1. The van der Waals surface area contributed by atoms with E-state index in [1.807, 2.05) is 56.3 Å². The molecule has 6 nitrogen and oxygen atoms in total. The van der Waals surface area contributed by atoms with Gasteiger partial charge >= 0.3 is 0 Å². The number of hydrogen-bond donors (Lipinski definition) is 1. The van der Waals surface area contributed by atoms with E-state index in [-0.39, 0.29) is 11.3 Å². The maximum Gasteiger partial charge on any atom is 0.295 e. The summed E-state index contributed by atoms with van der Waals surface area (Å²) in [7, 11) is 3.89. The highest BCUT2D eigenvalue weighted by molar-refractivity contribution is 6.47. The van der Waals surface area contributed by atoms with Gasteiger partial charge in [-0.05, 0) is 81.0 Å². The second-order valence-corrected chi connectivity index (χ2v) is 10.4. The maximum absolute atomic E-state index is 13.3. The molecule has 4 rings (SSSR count). The molecule has 1 aliphatic heterocycles. The molecule has 1 saturated heterocycles. The minimum Gasteiger partial charge on any atom is -0.507 e. The van der Waals surface area contributed by atoms with E-state index >= 15 is 0 Å². The topological polar surface area (TPSA) is 70.1 Å². The summed E-state index contributed by atoms with van der Waals surface area (Å²) in [6, 6.07) is 19.3. The summed E-state index contributed by atoms with van der Waals surface area (Å²) in [6.07, 6.45) is 0.657. The molecule has 1 fully saturated rings. The van der Waals surface area contributed by atoms with Gasteiger partial charge in [0.25, 0.3) is 11.7 Å². The molecule has 0 radical (unpaired) electrons. The van der Waals surface area contributed by atoms with E-state index in [4.69, 9.17) is 27.9 Å². The van der Waals surface area contributed by atoms with Gasteiger partial charge in [0.05, 0.1) is 21.7 Å². The third-order valence-electron chi connectivity index (χ3n) is 6.51. The third-order valence-corrected chi connectivity index (χ3v) is 7.24. The normalized spacial score (nSPS) is 16.9. The van der Waals surface area contributed by atoms with Gasteiger partial charge in [0.15, 0.2) is 0 Å². The highest BCUT2D eigenvalue weighted by Crippen LogP contribution is 2.41. The average molecular weight is 553 g/mol. The quantitative estimate of drug-likeness (QED) is 0.193. The predicted octanol–water partition coefficient (Wildman–Crippen LogP) is 6.25. The number of carbonyl (C=O) groups is 2. The van der Waals surface area contributed by atoms with Crippen molar-refractivity contribution in [2.45, 2.75) is 26.0 Å². The highest BCUT2D eigenvalue weighted by Gasteiger charge is 2.46. The molecule has 198 valence electrons. The fourth-order valence-electron chi connectivity index (χ4n) is 4.57. The van der Waals surface area contributed by atoms with Crippen LogP contribution in [0.4, 0.5) is 0 Å². The highest BCUT2D eigenvalue weighted by atomic mass is 35.5. The predicted molar refractivity (Wildman–Crippen MR) is 151 cm³/mol. The van der Waals surface area contributed by atoms with Crippen LogP contribution in [0.5, 0.6) is 5.75 Å². The van der Waals surface area contributed by atoms with Crippen LogP contribution >= 0.6 is 23.2 Å². The van der Waals surface area contributed by atoms with Crippen LogP contribution in [-0.4, -0.2) is 53.8 Å². The summed E-state index contributed by atoms with van der Waals surface area (Å²) in [4.78, 5) is 30.0. The minimum atomic E-state index is -0.791. The van der Waals surface area contributed by atoms with Crippen LogP contribution < -0.4 is 4.74 Å². The Morgan fingerprint density at radius 2 is 1.74 bits per heavy atom. The number of ketones is 1. The fraction of sp³-hybridized carbons (Fsp3) is 0.267. The van der Waals surface area contributed by atoms with E-state index in [0.29, 0.717) is 52.1 Å². The second kappa shape index (κ2) is 12.0. The smallest absolute Gasteiger partial charge is 0.295 e. The van der Waals surface area contributed by atoms with Gasteiger partial charge in [0.2, 0.25) is 0 Å². The fourth-order valence-corrected chi connectivity index (χ4v) is 4.88. The van der Waals surface area contributed by atoms with E-state index in [1.54, 1.807) is 36.4 Å². The summed E-state index contributed by atoms with van der Waals surface area (Å²) in [6.45, 7) is 3.31. The first-order valence-corrected chi connectivity index (χ1v) is 13.1. The van der Waals surface area contributed by atoms with Crippen molar-refractivity contribution in [2.75, 3.05) is 27.2 Å². The molecular formula is C30H30Cl2N2O4. The largest absolute Gasteiger partial charge is 0.507 e. The molecule has 1 amide bonds. The first-order chi connectivity index (χ1) is 18.2. The van der Waals surface area contributed by atoms with E-state index < -0.39 is 17.7 Å². The molecular weight excluding hydrogens is 523 g/mol. The Morgan fingerprint density at radius 3 is 2.39 bits per heavy atom. The number of aliphatic hydroxyl groups is 1. The van der Waals surface area contributed by atoms with Gasteiger partial charge in [-0.2, -0.15) is 0 Å². The zero-order valence-electron chi connectivity index (χ0n) is 21.6. The SMILES string of the molecule is Cc1cc(OCc2ccccc2)ccc1/C(O)=C1\C(=O)C(=O)N(CCCN(C)C)[C@@H]1c1ccc(Cl)c(Cl)c1. The van der Waals surface area contributed by atoms with Crippen molar-refractivity contribution in [3.8, 4) is 5.75 Å². The van der Waals surface area contributed by atoms with E-state index in [0.717, 1.165) is 12.1 Å². The number of ether oxygens (including phenoxy) is 1. The van der Waals surface area contributed by atoms with Gasteiger partial charge in [-0.25, -0.2) is 0 Å². The Hall–Kier alpha value is -3.32. The molecule has 0 unspecified atom stereocenters. The molecule has 0 bridgehead atoms. The van der Waals surface area contributed by atoms with Gasteiger partial charge in [-0.3, -0.25) is 9.59 Å². The zero-order chi connectivity index (χ0) is 27.4. The van der Waals surface area contributed by atoms with Gasteiger partial charge in [0.1, 0.15) is 18.1 Å². The number of carbonyl (C=O) groups excluding carboxylic acids is 2. The van der Waals surface area contributed by atoms with Crippen molar-refractivity contribution >= 4 is 40.7 Å². The lowest BCUT2D eigenvalue weighted by Crippen LogP contribution is -2.32. The van der Waals surface area contributed by atoms with Crippen LogP contribution in [0.1, 0.15) is 34.7 Å². The number of halogens is 2. The molecule has 0 aliphatic carbocycles. The number of hydrogen-bond acceptors (Lipinski definition) is 5. The Labute approximate surface area is 233 Å². The molecule has 0 aromatic heterocycles. The van der Waals surface area contributed by atoms with Crippen LogP contribution in [0.2, 0.25) is 10.0 Å². The summed E-state index contributed by atoms with van der Waals surface area (Å²) in [5.41, 5.74) is 2.83. The van der Waals surface area contributed by atoms with Crippen LogP contribution in [-0.2, 0) is 16.2 Å². The van der Waals surface area contributed by atoms with E-state index in [1.165, 1.54) is 4.90 Å². The number of aliphatic hydroxyl groups excluding tert-OH is 1. The number of Topliss-reactive ketones (excluding diaryl/α,β-unsaturated/α-hetero) is 1. The lowest BCUT2D eigenvalue weighted by atomic mass is 9.94. The first-order valence-electron chi connectivity index (χ1n) is 12.3. The molecule has 1 N–H and O–H groups in total. The van der Waals surface area contributed by atoms with Crippen molar-refractivity contribution < 1.29 is 19.4 Å². The van der Waals surface area contributed by atoms with Crippen molar-refractivity contribution in [1.82, 2.24) is 9.80 Å². The zero-order valence-corrected chi connectivity index (χ0v) is 23.1. The van der Waals surface area contributed by atoms with Crippen molar-refractivity contribution in [3.05, 3.63) is 105 Å². The molecule has 1 atom stereocenters. The minimum absolute atomic E-state index is 0.0271. The Morgan fingerprint density at radius 1 is 1.00 bits per heavy atom. The summed E-state index contributed by atoms with van der Waals surface area (Å²) >= 11 is 12.4. The van der Waals surface area contributed by atoms with Crippen LogP contribution in [0.15, 0.2) is 72.3 Å². The van der Waals surface area contributed by atoms with Crippen LogP contribution in [0.3, 0.4) is 0 Å². The number of amides is 1. The molecule has 0 saturated carbocycles. The molecule has 38 heavy (non-hydrogen) atoms. The summed E-state index contributed by atoms with van der Waals surface area (Å²) in [5, 5.41) is 12.1. The summed E-state index contributed by atoms with van der Waals surface area (Å²) < 4.78 is 5.91. The van der Waals surface area contributed by atoms with Gasteiger partial charge < -0.3 is 19.6 Å². The molecule has 1 heterocycles. The lowest BCUT2D eigenvalue weighted by Gasteiger charge is -2.26. The second-order valence-electron chi connectivity index (χ2n) is 9.57. The Bertz CT molecular complexity index is 1370. The number of rotatable bonds is 9. The van der Waals surface area contributed by atoms with Crippen LogP contribution in [0.25, 0.3) is 5.76 Å². The Kier molecular flexibility index (Phi) is 8.77. The number of nitrogens with zero attached hydrogens (tertiary/aromatic N) is 2. The number of likely N-dealkylation sites (tertiary alicyclic amines) is 1. The molecule has 0 spiro atoms. The number of aryl methyl sites for hydroxylation is 1. The molecule has 3 aromatic carbocycles. The lowest BCUT2D eigenvalue weighted by molar-refractivity contribution is -0.139. The van der Waals surface area contributed by atoms with Crippen molar-refractivity contribution in [2.24, 2.45) is 0 Å². The van der Waals surface area contributed by atoms with Crippen molar-refractivity contribution in [1.29, 1.82) is 0 Å². The van der Waals surface area contributed by atoms with Gasteiger partial charge in [0, 0.05) is 12.1 Å². The summed E-state index contributed by atoms with van der Waals surface area (Å²) in [5.74, 6) is -0.983.